The van der Waals surface area contributed by atoms with Gasteiger partial charge in [0.2, 0.25) is 5.91 Å². The number of carboxylic acids is 1. The number of hydrogen-bond acceptors (Lipinski definition) is 4. The molecule has 5 nitrogen and oxygen atoms in total. The number of piperidine rings is 1. The highest BCUT2D eigenvalue weighted by Crippen LogP contribution is 2.39. The minimum absolute atomic E-state index is 0.0182. The molecule has 2 fully saturated rings. The first kappa shape index (κ1) is 12.7. The summed E-state index contributed by atoms with van der Waals surface area (Å²) in [4.78, 5) is 24.9. The molecule has 0 saturated carbocycles. The first-order valence-electron chi connectivity index (χ1n) is 6.01. The van der Waals surface area contributed by atoms with Gasteiger partial charge >= 0.3 is 5.97 Å². The molecule has 0 unspecified atom stereocenters. The van der Waals surface area contributed by atoms with E-state index >= 15 is 0 Å². The van der Waals surface area contributed by atoms with Crippen molar-refractivity contribution in [2.24, 2.45) is 11.7 Å². The molecule has 1 amide bonds. The molecular weight excluding hydrogens is 240 g/mol. The number of nitrogens with two attached hydrogens (primary N) is 1. The van der Waals surface area contributed by atoms with E-state index in [4.69, 9.17) is 10.8 Å². The summed E-state index contributed by atoms with van der Waals surface area (Å²) in [6, 6.07) is -0.627. The molecule has 6 heteroatoms. The molecule has 0 aromatic carbocycles. The maximum Gasteiger partial charge on any atom is 0.327 e. The Kier molecular flexibility index (Phi) is 3.93. The summed E-state index contributed by atoms with van der Waals surface area (Å²) in [6.07, 6.45) is 3.41. The van der Waals surface area contributed by atoms with Crippen molar-refractivity contribution < 1.29 is 14.7 Å². The van der Waals surface area contributed by atoms with Crippen molar-refractivity contribution in [1.82, 2.24) is 4.90 Å². The Morgan fingerprint density at radius 1 is 1.53 bits per heavy atom. The van der Waals surface area contributed by atoms with E-state index in [1.807, 2.05) is 0 Å². The molecular formula is C11H18N2O3S. The van der Waals surface area contributed by atoms with Gasteiger partial charge in [-0.2, -0.15) is 0 Å². The van der Waals surface area contributed by atoms with Crippen LogP contribution < -0.4 is 5.73 Å². The third kappa shape index (κ3) is 2.42. The predicted molar refractivity (Wildman–Crippen MR) is 65.5 cm³/mol. The molecule has 0 spiro atoms. The van der Waals surface area contributed by atoms with E-state index in [0.29, 0.717) is 12.3 Å². The summed E-state index contributed by atoms with van der Waals surface area (Å²) < 4.78 is 0. The van der Waals surface area contributed by atoms with Gasteiger partial charge in [-0.05, 0) is 32.2 Å². The maximum atomic E-state index is 12.2. The molecule has 2 saturated heterocycles. The van der Waals surface area contributed by atoms with E-state index in [0.717, 1.165) is 25.7 Å². The summed E-state index contributed by atoms with van der Waals surface area (Å²) in [7, 11) is 0. The Hall–Kier alpha value is -0.750. The normalized spacial score (nSPS) is 32.6. The van der Waals surface area contributed by atoms with Gasteiger partial charge in [0.25, 0.3) is 0 Å². The Bertz CT molecular complexity index is 324. The second-order valence-electron chi connectivity index (χ2n) is 4.59. The zero-order valence-corrected chi connectivity index (χ0v) is 10.5. The molecule has 0 aromatic heterocycles. The smallest absolute Gasteiger partial charge is 0.327 e. The SMILES string of the molecule is NCCC[C@H]1CC[C@H]2SC[C@H](C(=O)O)N2C1=O. The number of hydrogen-bond donors (Lipinski definition) is 2. The fraction of sp³-hybridized carbons (Fsp3) is 0.818. The minimum atomic E-state index is -0.882. The van der Waals surface area contributed by atoms with Gasteiger partial charge in [0.15, 0.2) is 0 Å². The summed E-state index contributed by atoms with van der Waals surface area (Å²) >= 11 is 1.59. The topological polar surface area (TPSA) is 83.6 Å². The highest BCUT2D eigenvalue weighted by molar-refractivity contribution is 8.00. The number of fused-ring (bicyclic) bond motifs is 1. The molecule has 2 rings (SSSR count). The molecule has 2 aliphatic rings. The van der Waals surface area contributed by atoms with Gasteiger partial charge in [-0.3, -0.25) is 4.79 Å². The van der Waals surface area contributed by atoms with Crippen LogP contribution in [0.25, 0.3) is 0 Å². The average molecular weight is 258 g/mol. The van der Waals surface area contributed by atoms with Crippen LogP contribution in [-0.4, -0.2) is 45.6 Å². The number of amides is 1. The van der Waals surface area contributed by atoms with Crippen molar-refractivity contribution in [1.29, 1.82) is 0 Å². The van der Waals surface area contributed by atoms with Gasteiger partial charge in [-0.25, -0.2) is 4.79 Å². The summed E-state index contributed by atoms with van der Waals surface area (Å²) in [5.74, 6) is -0.356. The number of carboxylic acid groups (broad SMARTS) is 1. The fourth-order valence-corrected chi connectivity index (χ4v) is 4.00. The van der Waals surface area contributed by atoms with Crippen molar-refractivity contribution in [3.05, 3.63) is 0 Å². The lowest BCUT2D eigenvalue weighted by molar-refractivity contribution is -0.153. The first-order valence-corrected chi connectivity index (χ1v) is 7.06. The van der Waals surface area contributed by atoms with Crippen molar-refractivity contribution >= 4 is 23.6 Å². The van der Waals surface area contributed by atoms with E-state index < -0.39 is 12.0 Å². The van der Waals surface area contributed by atoms with Crippen LogP contribution in [0.4, 0.5) is 0 Å². The standard InChI is InChI=1S/C11H18N2O3S/c12-5-1-2-7-3-4-9-13(10(7)14)8(6-17-9)11(15)16/h7-9H,1-6,12H2,(H,15,16)/t7-,8+,9+/m0/s1. The fourth-order valence-electron chi connectivity index (χ4n) is 2.58. The first-order chi connectivity index (χ1) is 8.15. The zero-order valence-electron chi connectivity index (χ0n) is 9.67. The maximum absolute atomic E-state index is 12.2. The van der Waals surface area contributed by atoms with Crippen LogP contribution >= 0.6 is 11.8 Å². The third-order valence-electron chi connectivity index (χ3n) is 3.50. The number of carbonyl (C=O) groups excluding carboxylic acids is 1. The number of nitrogens with zero attached hydrogens (tertiary/aromatic N) is 1. The molecule has 17 heavy (non-hydrogen) atoms. The Labute approximate surface area is 105 Å². The van der Waals surface area contributed by atoms with Crippen molar-refractivity contribution in [3.63, 3.8) is 0 Å². The van der Waals surface area contributed by atoms with Crippen molar-refractivity contribution in [3.8, 4) is 0 Å². The molecule has 0 aromatic rings. The van der Waals surface area contributed by atoms with Crippen LogP contribution in [0.3, 0.4) is 0 Å². The van der Waals surface area contributed by atoms with E-state index in [2.05, 4.69) is 0 Å². The lowest BCUT2D eigenvalue weighted by Crippen LogP contribution is -2.51. The monoisotopic (exact) mass is 258 g/mol. The summed E-state index contributed by atoms with van der Waals surface area (Å²) in [6.45, 7) is 0.588. The van der Waals surface area contributed by atoms with Gasteiger partial charge in [0.05, 0.1) is 5.37 Å². The molecule has 3 N–H and O–H groups in total. The second kappa shape index (κ2) is 5.27. The van der Waals surface area contributed by atoms with E-state index in [9.17, 15) is 9.59 Å². The lowest BCUT2D eigenvalue weighted by atomic mass is 9.91. The van der Waals surface area contributed by atoms with Gasteiger partial charge in [0, 0.05) is 11.7 Å². The van der Waals surface area contributed by atoms with Crippen molar-refractivity contribution in [2.45, 2.75) is 37.1 Å². The van der Waals surface area contributed by atoms with E-state index in [1.54, 1.807) is 16.7 Å². The largest absolute Gasteiger partial charge is 0.480 e. The Morgan fingerprint density at radius 3 is 2.94 bits per heavy atom. The Balaban J connectivity index is 2.06. The molecule has 0 radical (unpaired) electrons. The number of carbonyl (C=O) groups is 2. The van der Waals surface area contributed by atoms with Crippen LogP contribution in [0.1, 0.15) is 25.7 Å². The second-order valence-corrected chi connectivity index (χ2v) is 5.80. The van der Waals surface area contributed by atoms with Crippen LogP contribution in [0, 0.1) is 5.92 Å². The van der Waals surface area contributed by atoms with E-state index in [-0.39, 0.29) is 17.2 Å². The average Bonchev–Trinajstić information content (AvgIpc) is 2.73. The van der Waals surface area contributed by atoms with Gasteiger partial charge in [0.1, 0.15) is 6.04 Å². The van der Waals surface area contributed by atoms with Crippen molar-refractivity contribution in [2.75, 3.05) is 12.3 Å². The molecule has 2 aliphatic heterocycles. The quantitative estimate of drug-likeness (QED) is 0.766. The van der Waals surface area contributed by atoms with E-state index in [1.165, 1.54) is 0 Å². The predicted octanol–water partition coefficient (Wildman–Crippen LogP) is 0.490. The highest BCUT2D eigenvalue weighted by atomic mass is 32.2. The van der Waals surface area contributed by atoms with Crippen LogP contribution in [0.2, 0.25) is 0 Å². The van der Waals surface area contributed by atoms with Crippen LogP contribution in [0.5, 0.6) is 0 Å². The number of rotatable bonds is 4. The molecule has 3 atom stereocenters. The summed E-state index contributed by atoms with van der Waals surface area (Å²) in [5, 5.41) is 9.19. The molecule has 2 heterocycles. The number of aliphatic carboxylic acids is 1. The molecule has 0 bridgehead atoms. The van der Waals surface area contributed by atoms with Gasteiger partial charge in [-0.1, -0.05) is 0 Å². The van der Waals surface area contributed by atoms with Crippen LogP contribution in [0.15, 0.2) is 0 Å². The van der Waals surface area contributed by atoms with Gasteiger partial charge in [-0.15, -0.1) is 11.8 Å². The molecule has 96 valence electrons. The van der Waals surface area contributed by atoms with Gasteiger partial charge < -0.3 is 15.7 Å². The Morgan fingerprint density at radius 2 is 2.29 bits per heavy atom. The third-order valence-corrected chi connectivity index (χ3v) is 4.86. The summed E-state index contributed by atoms with van der Waals surface area (Å²) in [5.41, 5.74) is 5.45. The lowest BCUT2D eigenvalue weighted by Gasteiger charge is -2.36. The van der Waals surface area contributed by atoms with Crippen LogP contribution in [-0.2, 0) is 9.59 Å². The molecule has 0 aliphatic carbocycles. The zero-order chi connectivity index (χ0) is 12.4. The minimum Gasteiger partial charge on any atom is -0.480 e. The number of thioether (sulfide) groups is 1. The highest BCUT2D eigenvalue weighted by Gasteiger charge is 2.46.